The van der Waals surface area contributed by atoms with Crippen molar-refractivity contribution >= 4 is 27.6 Å². The Morgan fingerprint density at radius 1 is 0.567 bits per heavy atom. The maximum absolute atomic E-state index is 12.6. The minimum Gasteiger partial charge on any atom is -0.462 e. The summed E-state index contributed by atoms with van der Waals surface area (Å²) in [4.78, 5) is 52.6. The maximum Gasteiger partial charge on any atom is 0.472 e. The average molecular weight is 889 g/mol. The van der Waals surface area contributed by atoms with Gasteiger partial charge in [0, 0.05) is 12.8 Å². The van der Waals surface area contributed by atoms with Gasteiger partial charge in [-0.2, -0.15) is 0 Å². The van der Waals surface area contributed by atoms with Crippen LogP contribution in [0.1, 0.15) is 136 Å². The summed E-state index contributed by atoms with van der Waals surface area (Å²) in [6.45, 7) is 1.41. The molecule has 0 saturated heterocycles. The summed E-state index contributed by atoms with van der Waals surface area (Å²) in [5.41, 5.74) is 0. The highest BCUT2D eigenvalue weighted by atomic mass is 31.2. The quantitative estimate of drug-likeness (QED) is 0.0128. The third-order valence-corrected chi connectivity index (χ3v) is 9.80. The molecule has 0 heterocycles. The topological polar surface area (TPSA) is 216 Å². The molecule has 0 aromatic carbocycles. The number of rotatable bonds is 39. The Balaban J connectivity index is 4.71. The fourth-order valence-electron chi connectivity index (χ4n) is 5.11. The van der Waals surface area contributed by atoms with E-state index in [0.29, 0.717) is 19.3 Å². The van der Waals surface area contributed by atoms with Gasteiger partial charge in [-0.25, -0.2) is 9.13 Å². The van der Waals surface area contributed by atoms with Gasteiger partial charge in [-0.1, -0.05) is 137 Å². The molecule has 1 unspecified atom stereocenters. The molecule has 14 nitrogen and oxygen atoms in total. The second-order valence-corrected chi connectivity index (χ2v) is 16.8. The van der Waals surface area contributed by atoms with Crippen molar-refractivity contribution in [2.24, 2.45) is 0 Å². The van der Waals surface area contributed by atoms with Gasteiger partial charge in [-0.05, 0) is 70.6 Å². The number of aliphatic hydroxyl groups is 2. The molecule has 0 radical (unpaired) electrons. The normalized spacial score (nSPS) is 15.4. The molecule has 0 aliphatic rings. The van der Waals surface area contributed by atoms with E-state index in [-0.39, 0.29) is 12.8 Å². The van der Waals surface area contributed by atoms with Crippen molar-refractivity contribution in [3.8, 4) is 0 Å². The van der Waals surface area contributed by atoms with E-state index in [1.54, 1.807) is 6.08 Å². The Hall–Kier alpha value is -2.74. The van der Waals surface area contributed by atoms with E-state index in [9.17, 15) is 33.8 Å². The Morgan fingerprint density at radius 3 is 1.77 bits per heavy atom. The molecule has 4 atom stereocenters. The molecule has 0 aliphatic carbocycles. The number of esters is 2. The number of hydrogen-bond donors (Lipinski definition) is 5. The lowest BCUT2D eigenvalue weighted by Crippen LogP contribution is -2.29. The Labute approximate surface area is 359 Å². The van der Waals surface area contributed by atoms with Crippen LogP contribution in [0.15, 0.2) is 85.1 Å². The molecular formula is C44H74O14P2. The molecule has 0 aromatic rings. The molecule has 0 rings (SSSR count). The molecule has 0 bridgehead atoms. The van der Waals surface area contributed by atoms with E-state index in [1.807, 2.05) is 42.5 Å². The molecule has 16 heteroatoms. The summed E-state index contributed by atoms with van der Waals surface area (Å²) in [6.07, 6.45) is 40.5. The van der Waals surface area contributed by atoms with Crippen molar-refractivity contribution in [2.45, 2.75) is 154 Å². The van der Waals surface area contributed by atoms with Gasteiger partial charge in [0.15, 0.2) is 6.10 Å². The van der Waals surface area contributed by atoms with Gasteiger partial charge in [0.25, 0.3) is 0 Å². The maximum atomic E-state index is 12.6. The molecule has 5 N–H and O–H groups in total. The highest BCUT2D eigenvalue weighted by Gasteiger charge is 2.28. The summed E-state index contributed by atoms with van der Waals surface area (Å²) in [7, 11) is -9.72. The van der Waals surface area contributed by atoms with E-state index in [1.165, 1.54) is 0 Å². The summed E-state index contributed by atoms with van der Waals surface area (Å²) in [6, 6.07) is 0. The molecule has 60 heavy (non-hydrogen) atoms. The van der Waals surface area contributed by atoms with Crippen LogP contribution in [0, 0.1) is 0 Å². The minimum absolute atomic E-state index is 0.0269. The first kappa shape index (κ1) is 57.3. The standard InChI is InChI=1S/C44H74O14P2/c1-3-5-7-8-9-10-11-12-13-14-17-20-23-26-30-34-43(47)54-38-42(39-57-60(52,53)56-37-41(46)36-55-59(49,50)51)58-44(48)35-31-27-24-21-18-15-16-19-22-25-29-33-40(45)32-28-6-4-2/h5,7,9-10,12-13,15-16,21-22,24-25,29,33,40-42,45-46H,3-4,6,8,11,14,17-20,23,26-28,30-32,34-39H2,1-2H3,(H,52,53)(H2,49,50,51)/b7-5-,10-9-,13-12-,16-15-,24-21-,25-22-,33-29+/t40-,41-,42+/m0/s1. The highest BCUT2D eigenvalue weighted by molar-refractivity contribution is 7.47. The molecule has 0 aromatic heterocycles. The van der Waals surface area contributed by atoms with E-state index in [0.717, 1.165) is 89.9 Å². The predicted octanol–water partition coefficient (Wildman–Crippen LogP) is 9.75. The summed E-state index contributed by atoms with van der Waals surface area (Å²) < 4.78 is 47.6. The number of phosphoric acid groups is 2. The number of ether oxygens (including phenoxy) is 2. The highest BCUT2D eigenvalue weighted by Crippen LogP contribution is 2.43. The summed E-state index contributed by atoms with van der Waals surface area (Å²) in [5.74, 6) is -1.15. The third kappa shape index (κ3) is 42.0. The van der Waals surface area contributed by atoms with Crippen LogP contribution in [-0.2, 0) is 41.8 Å². The van der Waals surface area contributed by atoms with Crippen LogP contribution in [0.5, 0.6) is 0 Å². The zero-order chi connectivity index (χ0) is 44.6. The lowest BCUT2D eigenvalue weighted by atomic mass is 10.1. The molecule has 0 aliphatic heterocycles. The molecule has 0 amide bonds. The molecule has 344 valence electrons. The van der Waals surface area contributed by atoms with E-state index in [4.69, 9.17) is 23.8 Å². The molecule has 0 spiro atoms. The van der Waals surface area contributed by atoms with Crippen molar-refractivity contribution in [1.29, 1.82) is 0 Å². The van der Waals surface area contributed by atoms with E-state index >= 15 is 0 Å². The Morgan fingerprint density at radius 2 is 1.12 bits per heavy atom. The second kappa shape index (κ2) is 39.1. The van der Waals surface area contributed by atoms with Crippen LogP contribution in [0.25, 0.3) is 0 Å². The van der Waals surface area contributed by atoms with Crippen molar-refractivity contribution in [3.05, 3.63) is 85.1 Å². The van der Waals surface area contributed by atoms with Gasteiger partial charge in [0.05, 0.1) is 25.9 Å². The monoisotopic (exact) mass is 888 g/mol. The molecule has 0 fully saturated rings. The zero-order valence-electron chi connectivity index (χ0n) is 35.9. The lowest BCUT2D eigenvalue weighted by Gasteiger charge is -2.20. The first-order valence-electron chi connectivity index (χ1n) is 21.4. The van der Waals surface area contributed by atoms with Crippen LogP contribution >= 0.6 is 15.6 Å². The third-order valence-electron chi connectivity index (χ3n) is 8.36. The van der Waals surface area contributed by atoms with Gasteiger partial charge in [-0.3, -0.25) is 23.2 Å². The van der Waals surface area contributed by atoms with Gasteiger partial charge in [0.2, 0.25) is 0 Å². The average Bonchev–Trinajstić information content (AvgIpc) is 3.20. The molecular weight excluding hydrogens is 814 g/mol. The number of carbonyl (C=O) groups excluding carboxylic acids is 2. The first-order valence-corrected chi connectivity index (χ1v) is 24.4. The zero-order valence-corrected chi connectivity index (χ0v) is 37.7. The molecule has 0 saturated carbocycles. The number of carbonyl (C=O) groups is 2. The van der Waals surface area contributed by atoms with Gasteiger partial charge in [-0.15, -0.1) is 0 Å². The Bertz CT molecular complexity index is 1400. The summed E-state index contributed by atoms with van der Waals surface area (Å²) in [5, 5.41) is 19.6. The van der Waals surface area contributed by atoms with Gasteiger partial charge in [0.1, 0.15) is 12.7 Å². The van der Waals surface area contributed by atoms with Crippen LogP contribution < -0.4 is 0 Å². The first-order chi connectivity index (χ1) is 28.8. The number of allylic oxidation sites excluding steroid dienone is 13. The lowest BCUT2D eigenvalue weighted by molar-refractivity contribution is -0.161. The largest absolute Gasteiger partial charge is 0.472 e. The fourth-order valence-corrected chi connectivity index (χ4v) is 6.27. The van der Waals surface area contributed by atoms with Crippen molar-refractivity contribution < 1.29 is 66.7 Å². The van der Waals surface area contributed by atoms with Crippen molar-refractivity contribution in [1.82, 2.24) is 0 Å². The smallest absolute Gasteiger partial charge is 0.462 e. The number of aliphatic hydroxyl groups excluding tert-OH is 2. The number of unbranched alkanes of at least 4 members (excludes halogenated alkanes) is 8. The van der Waals surface area contributed by atoms with Crippen LogP contribution in [0.3, 0.4) is 0 Å². The van der Waals surface area contributed by atoms with Crippen molar-refractivity contribution in [3.63, 3.8) is 0 Å². The van der Waals surface area contributed by atoms with E-state index in [2.05, 4.69) is 59.4 Å². The predicted molar refractivity (Wildman–Crippen MR) is 236 cm³/mol. The fraction of sp³-hybridized carbons (Fsp3) is 0.636. The number of phosphoric ester groups is 2. The SMILES string of the molecule is CC/C=C\C/C=C\C/C=C\CCCCCCCC(=O)OC[C@H](COP(=O)(O)OC[C@@H](O)COP(=O)(O)O)OC(=O)CCC/C=C\C/C=C\C/C=C\C=C\[C@@H](O)CCCCC. The van der Waals surface area contributed by atoms with Crippen LogP contribution in [0.4, 0.5) is 0 Å². The second-order valence-electron chi connectivity index (χ2n) is 14.1. The van der Waals surface area contributed by atoms with Crippen molar-refractivity contribution in [2.75, 3.05) is 26.4 Å². The van der Waals surface area contributed by atoms with Gasteiger partial charge >= 0.3 is 27.6 Å². The van der Waals surface area contributed by atoms with Crippen LogP contribution in [-0.4, -0.2) is 81.6 Å². The Kier molecular flexibility index (Phi) is 37.3. The van der Waals surface area contributed by atoms with E-state index < -0.39 is 72.3 Å². The van der Waals surface area contributed by atoms with Crippen LogP contribution in [0.2, 0.25) is 0 Å². The number of hydrogen-bond acceptors (Lipinski definition) is 11. The van der Waals surface area contributed by atoms with Gasteiger partial charge < -0.3 is 34.4 Å². The minimum atomic E-state index is -4.88. The summed E-state index contributed by atoms with van der Waals surface area (Å²) >= 11 is 0.